The van der Waals surface area contributed by atoms with E-state index < -0.39 is 27.7 Å². The van der Waals surface area contributed by atoms with Gasteiger partial charge in [-0.15, -0.1) is 5.92 Å². The molecule has 0 bridgehead atoms. The van der Waals surface area contributed by atoms with Gasteiger partial charge in [0.2, 0.25) is 10.0 Å². The molecule has 0 aromatic heterocycles. The molecule has 1 saturated heterocycles. The Morgan fingerprint density at radius 2 is 1.82 bits per heavy atom. The number of aryl methyl sites for hydroxylation is 1. The van der Waals surface area contributed by atoms with Crippen molar-refractivity contribution in [2.45, 2.75) is 50.0 Å². The highest BCUT2D eigenvalue weighted by Crippen LogP contribution is 2.48. The van der Waals surface area contributed by atoms with Crippen LogP contribution in [0.3, 0.4) is 0 Å². The van der Waals surface area contributed by atoms with Crippen LogP contribution in [0.4, 0.5) is 0 Å². The van der Waals surface area contributed by atoms with Crippen molar-refractivity contribution < 1.29 is 18.3 Å². The fourth-order valence-corrected chi connectivity index (χ4v) is 5.39. The van der Waals surface area contributed by atoms with Crippen LogP contribution in [0.25, 0.3) is 0 Å². The van der Waals surface area contributed by atoms with Crippen molar-refractivity contribution in [3.8, 4) is 11.8 Å². The summed E-state index contributed by atoms with van der Waals surface area (Å²) in [4.78, 5) is 0.201. The maximum atomic E-state index is 13.2. The van der Waals surface area contributed by atoms with Crippen molar-refractivity contribution in [2.24, 2.45) is 0 Å². The van der Waals surface area contributed by atoms with Crippen LogP contribution in [-0.2, 0) is 21.4 Å². The zero-order valence-electron chi connectivity index (χ0n) is 16.3. The van der Waals surface area contributed by atoms with Crippen molar-refractivity contribution >= 4 is 10.0 Å². The number of ether oxygens (including phenoxy) is 1. The van der Waals surface area contributed by atoms with Crippen LogP contribution in [0.1, 0.15) is 25.0 Å². The molecule has 2 aromatic rings. The fraction of sp³-hybridized carbons (Fsp3) is 0.364. The lowest BCUT2D eigenvalue weighted by atomic mass is 10.0. The Kier molecular flexibility index (Phi) is 5.92. The Labute approximate surface area is 167 Å². The SMILES string of the molecule is CC#C[C@H](O)[C@]1(C)[C@@H](COCc2ccccc2)N1S(=O)(=O)c1ccc(C)cc1. The minimum absolute atomic E-state index is 0.180. The first kappa shape index (κ1) is 20.6. The highest BCUT2D eigenvalue weighted by atomic mass is 32.2. The lowest BCUT2D eigenvalue weighted by molar-refractivity contribution is 0.111. The average molecular weight is 400 g/mol. The fourth-order valence-electron chi connectivity index (χ4n) is 3.38. The molecule has 1 heterocycles. The van der Waals surface area contributed by atoms with Crippen LogP contribution in [0.15, 0.2) is 59.5 Å². The second-order valence-electron chi connectivity index (χ2n) is 7.15. The summed E-state index contributed by atoms with van der Waals surface area (Å²) in [5, 5.41) is 10.5. The molecule has 0 amide bonds. The minimum Gasteiger partial charge on any atom is -0.378 e. The van der Waals surface area contributed by atoms with Gasteiger partial charge in [-0.3, -0.25) is 0 Å². The summed E-state index contributed by atoms with van der Waals surface area (Å²) in [6.07, 6.45) is -1.09. The van der Waals surface area contributed by atoms with Crippen LogP contribution in [0.2, 0.25) is 0 Å². The van der Waals surface area contributed by atoms with Gasteiger partial charge in [0, 0.05) is 0 Å². The predicted molar refractivity (Wildman–Crippen MR) is 108 cm³/mol. The smallest absolute Gasteiger partial charge is 0.244 e. The Hall–Kier alpha value is -2.17. The van der Waals surface area contributed by atoms with E-state index in [1.165, 1.54) is 4.31 Å². The second kappa shape index (κ2) is 8.06. The van der Waals surface area contributed by atoms with Gasteiger partial charge in [-0.1, -0.05) is 53.9 Å². The van der Waals surface area contributed by atoms with Gasteiger partial charge in [0.1, 0.15) is 6.10 Å². The van der Waals surface area contributed by atoms with Crippen molar-refractivity contribution in [3.05, 3.63) is 65.7 Å². The molecular formula is C22H25NO4S. The van der Waals surface area contributed by atoms with Crippen LogP contribution in [-0.4, -0.2) is 42.1 Å². The molecular weight excluding hydrogens is 374 g/mol. The molecule has 5 nitrogen and oxygen atoms in total. The maximum Gasteiger partial charge on any atom is 0.244 e. The van der Waals surface area contributed by atoms with Crippen molar-refractivity contribution in [1.82, 2.24) is 4.31 Å². The molecule has 0 spiro atoms. The van der Waals surface area contributed by atoms with Crippen molar-refractivity contribution in [3.63, 3.8) is 0 Å². The first-order valence-corrected chi connectivity index (χ1v) is 10.6. The third-order valence-electron chi connectivity index (χ3n) is 5.16. The number of benzene rings is 2. The van der Waals surface area contributed by atoms with Crippen LogP contribution < -0.4 is 0 Å². The van der Waals surface area contributed by atoms with E-state index in [0.29, 0.717) is 6.61 Å². The Morgan fingerprint density at radius 1 is 1.18 bits per heavy atom. The summed E-state index contributed by atoms with van der Waals surface area (Å²) in [5.41, 5.74) is 0.961. The number of hydrogen-bond acceptors (Lipinski definition) is 4. The third-order valence-corrected chi connectivity index (χ3v) is 7.20. The summed E-state index contributed by atoms with van der Waals surface area (Å²) >= 11 is 0. The molecule has 148 valence electrons. The molecule has 1 unspecified atom stereocenters. The van der Waals surface area contributed by atoms with Gasteiger partial charge in [0.25, 0.3) is 0 Å². The number of rotatable bonds is 7. The topological polar surface area (TPSA) is 66.6 Å². The maximum absolute atomic E-state index is 13.2. The molecule has 1 N–H and O–H groups in total. The second-order valence-corrected chi connectivity index (χ2v) is 8.97. The summed E-state index contributed by atoms with van der Waals surface area (Å²) in [6.45, 7) is 5.79. The number of sulfonamides is 1. The lowest BCUT2D eigenvalue weighted by Crippen LogP contribution is -2.33. The zero-order chi connectivity index (χ0) is 20.4. The summed E-state index contributed by atoms with van der Waals surface area (Å²) < 4.78 is 33.5. The molecule has 0 aliphatic carbocycles. The monoisotopic (exact) mass is 399 g/mol. The Bertz CT molecular complexity index is 977. The van der Waals surface area contributed by atoms with Crippen LogP contribution >= 0.6 is 0 Å². The first-order chi connectivity index (χ1) is 13.3. The molecule has 1 fully saturated rings. The average Bonchev–Trinajstić information content (AvgIpc) is 3.30. The lowest BCUT2D eigenvalue weighted by Gasteiger charge is -2.15. The van der Waals surface area contributed by atoms with Crippen LogP contribution in [0, 0.1) is 18.8 Å². The molecule has 6 heteroatoms. The molecule has 0 radical (unpaired) electrons. The number of aliphatic hydroxyl groups excluding tert-OH is 1. The van der Waals surface area contributed by atoms with Gasteiger partial charge >= 0.3 is 0 Å². The summed E-state index contributed by atoms with van der Waals surface area (Å²) in [6, 6.07) is 15.9. The van der Waals surface area contributed by atoms with Crippen molar-refractivity contribution in [2.75, 3.05) is 6.61 Å². The standard InChI is InChI=1S/C22H25NO4S/c1-4-8-21(24)22(3)20(16-27-15-18-9-6-5-7-10-18)23(22)28(25,26)19-13-11-17(2)12-14-19/h5-7,9-14,20-21,24H,15-16H2,1-3H3/t20-,21+,22+,23?/m1/s1. The first-order valence-electron chi connectivity index (χ1n) is 9.15. The molecule has 1 aliphatic rings. The van der Waals surface area contributed by atoms with E-state index in [0.717, 1.165) is 11.1 Å². The molecule has 28 heavy (non-hydrogen) atoms. The van der Waals surface area contributed by atoms with Gasteiger partial charge in [-0.05, 0) is 38.5 Å². The minimum atomic E-state index is -3.77. The van der Waals surface area contributed by atoms with Gasteiger partial charge in [-0.2, -0.15) is 4.31 Å². The molecule has 1 aliphatic heterocycles. The Balaban J connectivity index is 1.81. The van der Waals surface area contributed by atoms with Gasteiger partial charge in [-0.25, -0.2) is 8.42 Å². The Morgan fingerprint density at radius 3 is 2.43 bits per heavy atom. The van der Waals surface area contributed by atoms with E-state index in [4.69, 9.17) is 4.74 Å². The van der Waals surface area contributed by atoms with Gasteiger partial charge in [0.15, 0.2) is 0 Å². The summed E-state index contributed by atoms with van der Waals surface area (Å²) in [5.74, 6) is 5.37. The highest BCUT2D eigenvalue weighted by molar-refractivity contribution is 7.89. The zero-order valence-corrected chi connectivity index (χ0v) is 17.1. The van der Waals surface area contributed by atoms with E-state index in [2.05, 4.69) is 11.8 Å². The summed E-state index contributed by atoms with van der Waals surface area (Å²) in [7, 11) is -3.77. The largest absolute Gasteiger partial charge is 0.378 e. The highest BCUT2D eigenvalue weighted by Gasteiger charge is 2.69. The normalized spacial score (nSPS) is 24.9. The number of nitrogens with zero attached hydrogens (tertiary/aromatic N) is 1. The van der Waals surface area contributed by atoms with Gasteiger partial charge in [0.05, 0.1) is 29.7 Å². The van der Waals surface area contributed by atoms with Crippen molar-refractivity contribution in [1.29, 1.82) is 0 Å². The van der Waals surface area contributed by atoms with E-state index in [1.54, 1.807) is 38.1 Å². The quantitative estimate of drug-likeness (QED) is 0.574. The molecule has 3 rings (SSSR count). The van der Waals surface area contributed by atoms with Gasteiger partial charge < -0.3 is 9.84 Å². The van der Waals surface area contributed by atoms with E-state index in [-0.39, 0.29) is 11.5 Å². The third kappa shape index (κ3) is 3.85. The van der Waals surface area contributed by atoms with E-state index in [1.807, 2.05) is 37.3 Å². The molecule has 4 atom stereocenters. The van der Waals surface area contributed by atoms with Crippen LogP contribution in [0.5, 0.6) is 0 Å². The number of aliphatic hydroxyl groups is 1. The molecule has 0 saturated carbocycles. The molecule has 2 aromatic carbocycles. The predicted octanol–water partition coefficient (Wildman–Crippen LogP) is 2.73. The number of hydrogen-bond donors (Lipinski definition) is 1. The van der Waals surface area contributed by atoms with E-state index in [9.17, 15) is 13.5 Å². The van der Waals surface area contributed by atoms with E-state index >= 15 is 0 Å².